The van der Waals surface area contributed by atoms with Crippen molar-refractivity contribution in [1.29, 1.82) is 0 Å². The molecule has 7 nitrogen and oxygen atoms in total. The summed E-state index contributed by atoms with van der Waals surface area (Å²) in [5.74, 6) is -1.34. The fourth-order valence-electron chi connectivity index (χ4n) is 3.32. The number of aromatic nitrogens is 3. The standard InChI is InChI=1S/C19H19F2N5O2S/c1-25-15(14(20)21)24-17-13(18(25)28)23-19(29-17)26-9-5-8-12(26)16(27)22-10-11-6-3-2-4-7-11/h2-4,6-7,12,14H,5,8-10H2,1H3,(H,22,27)/t12-/m1/s1/i1D3. The molecule has 10 heteroatoms. The van der Waals surface area contributed by atoms with Crippen molar-refractivity contribution in [2.45, 2.75) is 31.9 Å². The normalized spacial score (nSPS) is 18.7. The van der Waals surface area contributed by atoms with Gasteiger partial charge >= 0.3 is 0 Å². The number of nitrogens with one attached hydrogen (secondary N) is 1. The zero-order chi connectivity index (χ0) is 23.0. The van der Waals surface area contributed by atoms with Gasteiger partial charge in [0.15, 0.2) is 21.3 Å². The molecule has 1 fully saturated rings. The number of benzene rings is 1. The third-order valence-corrected chi connectivity index (χ3v) is 5.74. The molecule has 152 valence electrons. The van der Waals surface area contributed by atoms with E-state index in [0.717, 1.165) is 16.9 Å². The highest BCUT2D eigenvalue weighted by Crippen LogP contribution is 2.32. The highest BCUT2D eigenvalue weighted by atomic mass is 32.1. The Hall–Kier alpha value is -2.88. The van der Waals surface area contributed by atoms with Crippen molar-refractivity contribution >= 4 is 32.7 Å². The van der Waals surface area contributed by atoms with Crippen molar-refractivity contribution in [3.63, 3.8) is 0 Å². The quantitative estimate of drug-likeness (QED) is 0.684. The van der Waals surface area contributed by atoms with Gasteiger partial charge in [-0.2, -0.15) is 0 Å². The van der Waals surface area contributed by atoms with Crippen LogP contribution in [0.5, 0.6) is 0 Å². The molecular weight excluding hydrogens is 400 g/mol. The van der Waals surface area contributed by atoms with E-state index in [-0.39, 0.29) is 26.0 Å². The summed E-state index contributed by atoms with van der Waals surface area (Å²) in [4.78, 5) is 35.0. The predicted octanol–water partition coefficient (Wildman–Crippen LogP) is 2.61. The van der Waals surface area contributed by atoms with Gasteiger partial charge in [0, 0.05) is 24.2 Å². The lowest BCUT2D eigenvalue weighted by Crippen LogP contribution is -2.43. The second-order valence-electron chi connectivity index (χ2n) is 6.62. The van der Waals surface area contributed by atoms with E-state index in [1.807, 2.05) is 30.3 Å². The third-order valence-electron chi connectivity index (χ3n) is 4.75. The Labute approximate surface area is 173 Å². The number of rotatable bonds is 5. The number of thiazole rings is 1. The summed E-state index contributed by atoms with van der Waals surface area (Å²) < 4.78 is 49.2. The number of carbonyl (C=O) groups excluding carboxylic acids is 1. The number of nitrogens with zero attached hydrogens (tertiary/aromatic N) is 4. The summed E-state index contributed by atoms with van der Waals surface area (Å²) >= 11 is 0.889. The fourth-order valence-corrected chi connectivity index (χ4v) is 4.33. The Kier molecular flexibility index (Phi) is 4.33. The van der Waals surface area contributed by atoms with Crippen LogP contribution in [-0.2, 0) is 18.3 Å². The lowest BCUT2D eigenvalue weighted by atomic mass is 10.2. The number of anilines is 1. The molecule has 3 heterocycles. The molecule has 2 aromatic heterocycles. The first-order valence-corrected chi connectivity index (χ1v) is 9.79. The zero-order valence-corrected chi connectivity index (χ0v) is 16.0. The molecule has 1 atom stereocenters. The van der Waals surface area contributed by atoms with Crippen molar-refractivity contribution in [3.8, 4) is 0 Å². The molecular formula is C19H19F2N5O2S. The first kappa shape index (κ1) is 16.0. The maximum atomic E-state index is 13.4. The van der Waals surface area contributed by atoms with E-state index in [9.17, 15) is 18.4 Å². The summed E-state index contributed by atoms with van der Waals surface area (Å²) in [5, 5.41) is 3.15. The van der Waals surface area contributed by atoms with E-state index in [0.29, 0.717) is 25.9 Å². The molecule has 0 unspecified atom stereocenters. The van der Waals surface area contributed by atoms with E-state index in [4.69, 9.17) is 4.11 Å². The number of hydrogen-bond donors (Lipinski definition) is 1. The van der Waals surface area contributed by atoms with Crippen molar-refractivity contribution in [3.05, 3.63) is 52.1 Å². The topological polar surface area (TPSA) is 80.1 Å². The van der Waals surface area contributed by atoms with Gasteiger partial charge in [-0.05, 0) is 18.4 Å². The van der Waals surface area contributed by atoms with Gasteiger partial charge in [-0.1, -0.05) is 41.7 Å². The molecule has 1 saturated heterocycles. The molecule has 1 aromatic carbocycles. The fraction of sp³-hybridized carbons (Fsp3) is 0.368. The van der Waals surface area contributed by atoms with Crippen LogP contribution in [0.25, 0.3) is 10.3 Å². The van der Waals surface area contributed by atoms with Crippen molar-refractivity contribution in [1.82, 2.24) is 19.9 Å². The minimum absolute atomic E-state index is 0.0114. The molecule has 0 saturated carbocycles. The largest absolute Gasteiger partial charge is 0.350 e. The molecule has 3 aromatic rings. The summed E-state index contributed by atoms with van der Waals surface area (Å²) in [5.41, 5.74) is -0.516. The Morgan fingerprint density at radius 1 is 1.38 bits per heavy atom. The van der Waals surface area contributed by atoms with Gasteiger partial charge in [0.05, 0.1) is 0 Å². The highest BCUT2D eigenvalue weighted by molar-refractivity contribution is 7.21. The second-order valence-corrected chi connectivity index (χ2v) is 7.57. The van der Waals surface area contributed by atoms with Crippen LogP contribution in [0.2, 0.25) is 0 Å². The molecule has 0 aliphatic carbocycles. The Morgan fingerprint density at radius 2 is 2.17 bits per heavy atom. The van der Waals surface area contributed by atoms with Gasteiger partial charge in [-0.25, -0.2) is 18.7 Å². The predicted molar refractivity (Wildman–Crippen MR) is 106 cm³/mol. The van der Waals surface area contributed by atoms with E-state index < -0.39 is 30.8 Å². The number of alkyl halides is 2. The van der Waals surface area contributed by atoms with E-state index in [2.05, 4.69) is 15.3 Å². The maximum Gasteiger partial charge on any atom is 0.295 e. The van der Waals surface area contributed by atoms with Crippen molar-refractivity contribution in [2.75, 3.05) is 11.4 Å². The zero-order valence-electron chi connectivity index (χ0n) is 18.1. The minimum atomic E-state index is -3.25. The van der Waals surface area contributed by atoms with Crippen LogP contribution >= 0.6 is 11.3 Å². The summed E-state index contributed by atoms with van der Waals surface area (Å²) in [6, 6.07) is 8.86. The average molecular weight is 422 g/mol. The lowest BCUT2D eigenvalue weighted by Gasteiger charge is -2.23. The molecule has 0 radical (unpaired) electrons. The van der Waals surface area contributed by atoms with Crippen LogP contribution in [-0.4, -0.2) is 33.0 Å². The first-order chi connectivity index (χ1) is 15.2. The van der Waals surface area contributed by atoms with Crippen LogP contribution in [0.3, 0.4) is 0 Å². The van der Waals surface area contributed by atoms with Gasteiger partial charge < -0.3 is 10.2 Å². The van der Waals surface area contributed by atoms with Gasteiger partial charge in [0.25, 0.3) is 12.0 Å². The van der Waals surface area contributed by atoms with Gasteiger partial charge in [0.1, 0.15) is 6.04 Å². The van der Waals surface area contributed by atoms with Crippen molar-refractivity contribution in [2.24, 2.45) is 6.98 Å². The molecule has 1 N–H and O–H groups in total. The number of halogens is 2. The van der Waals surface area contributed by atoms with E-state index in [1.165, 1.54) is 0 Å². The lowest BCUT2D eigenvalue weighted by molar-refractivity contribution is -0.122. The average Bonchev–Trinajstić information content (AvgIpc) is 3.38. The molecule has 1 aliphatic rings. The number of fused-ring (bicyclic) bond motifs is 1. The van der Waals surface area contributed by atoms with Gasteiger partial charge in [-0.15, -0.1) is 0 Å². The number of amides is 1. The highest BCUT2D eigenvalue weighted by Gasteiger charge is 2.33. The van der Waals surface area contributed by atoms with Crippen LogP contribution < -0.4 is 15.8 Å². The van der Waals surface area contributed by atoms with Crippen LogP contribution in [0, 0.1) is 0 Å². The van der Waals surface area contributed by atoms with Crippen LogP contribution in [0.15, 0.2) is 35.1 Å². The molecule has 0 bridgehead atoms. The minimum Gasteiger partial charge on any atom is -0.350 e. The number of carbonyl (C=O) groups is 1. The Bertz CT molecular complexity index is 1200. The molecule has 0 spiro atoms. The smallest absolute Gasteiger partial charge is 0.295 e. The number of hydrogen-bond acceptors (Lipinski definition) is 6. The van der Waals surface area contributed by atoms with E-state index >= 15 is 0 Å². The van der Waals surface area contributed by atoms with Crippen LogP contribution in [0.4, 0.5) is 13.9 Å². The van der Waals surface area contributed by atoms with Crippen molar-refractivity contribution < 1.29 is 17.7 Å². The molecule has 1 amide bonds. The Morgan fingerprint density at radius 3 is 2.90 bits per heavy atom. The third kappa shape index (κ3) is 3.71. The van der Waals surface area contributed by atoms with E-state index in [1.54, 1.807) is 4.90 Å². The summed E-state index contributed by atoms with van der Waals surface area (Å²) in [6.45, 7) is -2.29. The molecule has 1 aliphatic heterocycles. The van der Waals surface area contributed by atoms with Crippen LogP contribution in [0.1, 0.15) is 34.8 Å². The SMILES string of the molecule is [2H]C([2H])([2H])n1c(C(F)F)nc2sc(N3CCC[C@@H]3C(=O)NCc3ccccc3)nc2c1=O. The first-order valence-electron chi connectivity index (χ1n) is 10.5. The second kappa shape index (κ2) is 7.86. The maximum absolute atomic E-state index is 13.4. The monoisotopic (exact) mass is 422 g/mol. The molecule has 29 heavy (non-hydrogen) atoms. The molecule has 4 rings (SSSR count). The van der Waals surface area contributed by atoms with Gasteiger partial charge in [0.2, 0.25) is 5.91 Å². The van der Waals surface area contributed by atoms with Gasteiger partial charge in [-0.3, -0.25) is 14.2 Å². The summed E-state index contributed by atoms with van der Waals surface area (Å²) in [6.07, 6.45) is -1.98. The Balaban J connectivity index is 1.64. The summed E-state index contributed by atoms with van der Waals surface area (Å²) in [7, 11) is 0.